The van der Waals surface area contributed by atoms with Crippen molar-refractivity contribution in [2.24, 2.45) is 16.0 Å². The molecule has 0 fully saturated rings. The van der Waals surface area contributed by atoms with Crippen LogP contribution in [0.1, 0.15) is 6.42 Å². The molecular weight excluding hydrogens is 346 g/mol. The second-order valence-electron chi connectivity index (χ2n) is 4.76. The largest absolute Gasteiger partial charge is 0.307 e. The lowest BCUT2D eigenvalue weighted by Gasteiger charge is -2.26. The Kier molecular flexibility index (Phi) is 4.50. The molecule has 1 atom stereocenters. The minimum atomic E-state index is -4.80. The van der Waals surface area contributed by atoms with Crippen molar-refractivity contribution >= 4 is 25.9 Å². The van der Waals surface area contributed by atoms with Crippen molar-refractivity contribution in [1.29, 1.82) is 0 Å². The van der Waals surface area contributed by atoms with Crippen LogP contribution in [0.25, 0.3) is 0 Å². The zero-order valence-corrected chi connectivity index (χ0v) is 13.2. The average molecular weight is 359 g/mol. The highest BCUT2D eigenvalue weighted by Crippen LogP contribution is 2.33. The van der Waals surface area contributed by atoms with Gasteiger partial charge in [0, 0.05) is 6.42 Å². The predicted octanol–water partition coefficient (Wildman–Crippen LogP) is 1.37. The molecule has 124 valence electrons. The van der Waals surface area contributed by atoms with E-state index in [1.54, 1.807) is 30.3 Å². The third kappa shape index (κ3) is 3.89. The molecule has 23 heavy (non-hydrogen) atoms. The summed E-state index contributed by atoms with van der Waals surface area (Å²) < 4.78 is 63.9. The van der Waals surface area contributed by atoms with Crippen LogP contribution in [0.4, 0.5) is 5.69 Å². The molecule has 0 saturated heterocycles. The Morgan fingerprint density at radius 2 is 1.65 bits per heavy atom. The Bertz CT molecular complexity index is 903. The molecule has 1 aromatic carbocycles. The lowest BCUT2D eigenvalue weighted by molar-refractivity contribution is 0.444. The third-order valence-electron chi connectivity index (χ3n) is 3.07. The van der Waals surface area contributed by atoms with Crippen LogP contribution in [0.2, 0.25) is 0 Å². The summed E-state index contributed by atoms with van der Waals surface area (Å²) in [5, 5.41) is 7.49. The SMILES string of the molecule is NC1(S(=O)(=O)O)C=CC(N=Nc2ccccc2)=C(S(=O)(=O)O)C1. The van der Waals surface area contributed by atoms with Gasteiger partial charge in [0.2, 0.25) is 0 Å². The first-order valence-electron chi connectivity index (χ1n) is 6.15. The van der Waals surface area contributed by atoms with Gasteiger partial charge in [0.25, 0.3) is 20.2 Å². The number of allylic oxidation sites excluding steroid dienone is 1. The van der Waals surface area contributed by atoms with Crippen molar-refractivity contribution in [1.82, 2.24) is 0 Å². The molecule has 0 radical (unpaired) electrons. The topological polar surface area (TPSA) is 159 Å². The van der Waals surface area contributed by atoms with E-state index in [1.807, 2.05) is 0 Å². The number of nitrogens with two attached hydrogens (primary N) is 1. The van der Waals surface area contributed by atoms with Gasteiger partial charge in [-0.15, -0.1) is 5.11 Å². The summed E-state index contributed by atoms with van der Waals surface area (Å²) in [5.74, 6) is 0. The van der Waals surface area contributed by atoms with Crippen molar-refractivity contribution in [3.8, 4) is 0 Å². The fraction of sp³-hybridized carbons (Fsp3) is 0.167. The van der Waals surface area contributed by atoms with Gasteiger partial charge in [-0.1, -0.05) is 18.2 Å². The minimum Gasteiger partial charge on any atom is -0.307 e. The van der Waals surface area contributed by atoms with Gasteiger partial charge in [-0.25, -0.2) is 0 Å². The molecule has 0 heterocycles. The number of rotatable bonds is 4. The maximum Gasteiger partial charge on any atom is 0.292 e. The third-order valence-corrected chi connectivity index (χ3v) is 5.28. The lowest BCUT2D eigenvalue weighted by Crippen LogP contribution is -2.47. The molecule has 2 rings (SSSR count). The number of azo groups is 1. The molecule has 1 unspecified atom stereocenters. The average Bonchev–Trinajstić information content (AvgIpc) is 2.45. The standard InChI is InChI=1S/C12H13N3O6S2/c13-12(23(19,20)21)7-6-10(11(8-12)22(16,17)18)15-14-9-4-2-1-3-5-9/h1-7H,8,13H2,(H,16,17,18)(H,19,20,21). The summed E-state index contributed by atoms with van der Waals surface area (Å²) in [4.78, 5) is -3.12. The zero-order valence-electron chi connectivity index (χ0n) is 11.6. The molecule has 1 aromatic rings. The molecule has 0 aromatic heterocycles. The number of nitrogens with zero attached hydrogens (tertiary/aromatic N) is 2. The second-order valence-corrected chi connectivity index (χ2v) is 7.91. The van der Waals surface area contributed by atoms with E-state index in [2.05, 4.69) is 10.2 Å². The van der Waals surface area contributed by atoms with E-state index in [1.165, 1.54) is 0 Å². The van der Waals surface area contributed by atoms with Crippen molar-refractivity contribution < 1.29 is 25.9 Å². The first kappa shape index (κ1) is 17.4. The van der Waals surface area contributed by atoms with E-state index in [4.69, 9.17) is 10.3 Å². The summed E-state index contributed by atoms with van der Waals surface area (Å²) in [7, 11) is -9.59. The monoisotopic (exact) mass is 359 g/mol. The Hall–Kier alpha value is -1.92. The van der Waals surface area contributed by atoms with Crippen LogP contribution in [-0.2, 0) is 20.2 Å². The zero-order chi connectivity index (χ0) is 17.3. The lowest BCUT2D eigenvalue weighted by atomic mass is 10.1. The van der Waals surface area contributed by atoms with Crippen LogP contribution in [-0.4, -0.2) is 30.8 Å². The summed E-state index contributed by atoms with van der Waals surface area (Å²) in [5.41, 5.74) is 5.63. The van der Waals surface area contributed by atoms with E-state index >= 15 is 0 Å². The molecule has 11 heteroatoms. The quantitative estimate of drug-likeness (QED) is 0.540. The van der Waals surface area contributed by atoms with Gasteiger partial charge < -0.3 is 5.73 Å². The fourth-order valence-electron chi connectivity index (χ4n) is 1.81. The predicted molar refractivity (Wildman–Crippen MR) is 81.8 cm³/mol. The first-order chi connectivity index (χ1) is 10.5. The van der Waals surface area contributed by atoms with Gasteiger partial charge >= 0.3 is 0 Å². The Morgan fingerprint density at radius 1 is 1.04 bits per heavy atom. The maximum atomic E-state index is 11.5. The molecular formula is C12H13N3O6S2. The smallest absolute Gasteiger partial charge is 0.292 e. The van der Waals surface area contributed by atoms with Crippen LogP contribution in [0.5, 0.6) is 0 Å². The van der Waals surface area contributed by atoms with Crippen LogP contribution in [0.15, 0.2) is 63.3 Å². The van der Waals surface area contributed by atoms with Crippen LogP contribution in [0, 0.1) is 0 Å². The molecule has 1 aliphatic rings. The summed E-state index contributed by atoms with van der Waals surface area (Å²) >= 11 is 0. The Morgan fingerprint density at radius 3 is 2.17 bits per heavy atom. The van der Waals surface area contributed by atoms with Gasteiger partial charge in [-0.2, -0.15) is 21.9 Å². The van der Waals surface area contributed by atoms with Gasteiger partial charge in [-0.05, 0) is 24.3 Å². The molecule has 0 amide bonds. The van der Waals surface area contributed by atoms with E-state index in [9.17, 15) is 21.4 Å². The second kappa shape index (κ2) is 5.94. The Balaban J connectivity index is 2.48. The minimum absolute atomic E-state index is 0.277. The highest BCUT2D eigenvalue weighted by atomic mass is 32.2. The number of hydrogen-bond acceptors (Lipinski definition) is 7. The molecule has 1 aliphatic carbocycles. The van der Waals surface area contributed by atoms with Crippen LogP contribution < -0.4 is 5.73 Å². The summed E-state index contributed by atoms with van der Waals surface area (Å²) in [6.07, 6.45) is 0.980. The van der Waals surface area contributed by atoms with E-state index in [-0.39, 0.29) is 5.70 Å². The van der Waals surface area contributed by atoms with Gasteiger partial charge in [-0.3, -0.25) is 9.11 Å². The molecule has 0 spiro atoms. The first-order valence-corrected chi connectivity index (χ1v) is 9.03. The highest BCUT2D eigenvalue weighted by Gasteiger charge is 2.43. The normalized spacial score (nSPS) is 22.7. The summed E-state index contributed by atoms with van der Waals surface area (Å²) in [6, 6.07) is 8.33. The number of benzene rings is 1. The van der Waals surface area contributed by atoms with Crippen molar-refractivity contribution in [3.63, 3.8) is 0 Å². The van der Waals surface area contributed by atoms with Gasteiger partial charge in [0.05, 0.1) is 5.69 Å². The van der Waals surface area contributed by atoms with Crippen molar-refractivity contribution in [3.05, 3.63) is 53.1 Å². The molecule has 0 saturated carbocycles. The van der Waals surface area contributed by atoms with E-state index < -0.39 is 36.4 Å². The number of hydrogen-bond donors (Lipinski definition) is 3. The highest BCUT2D eigenvalue weighted by molar-refractivity contribution is 7.90. The maximum absolute atomic E-state index is 11.5. The molecule has 9 nitrogen and oxygen atoms in total. The van der Waals surface area contributed by atoms with E-state index in [0.717, 1.165) is 12.2 Å². The molecule has 4 N–H and O–H groups in total. The van der Waals surface area contributed by atoms with Crippen molar-refractivity contribution in [2.75, 3.05) is 0 Å². The van der Waals surface area contributed by atoms with Crippen LogP contribution >= 0.6 is 0 Å². The van der Waals surface area contributed by atoms with Gasteiger partial charge in [0.1, 0.15) is 10.6 Å². The molecule has 0 bridgehead atoms. The van der Waals surface area contributed by atoms with Crippen molar-refractivity contribution in [2.45, 2.75) is 11.3 Å². The fourth-order valence-corrected chi connectivity index (χ4v) is 3.26. The summed E-state index contributed by atoms with van der Waals surface area (Å²) in [6.45, 7) is 0. The van der Waals surface area contributed by atoms with Crippen LogP contribution in [0.3, 0.4) is 0 Å². The molecule has 0 aliphatic heterocycles. The van der Waals surface area contributed by atoms with Gasteiger partial charge in [0.15, 0.2) is 4.87 Å². The Labute approximate surface area is 132 Å². The van der Waals surface area contributed by atoms with E-state index in [0.29, 0.717) is 5.69 Å².